The summed E-state index contributed by atoms with van der Waals surface area (Å²) >= 11 is 0. The van der Waals surface area contributed by atoms with Crippen LogP contribution in [0.25, 0.3) is 21.8 Å². The van der Waals surface area contributed by atoms with E-state index in [4.69, 9.17) is 0 Å². The van der Waals surface area contributed by atoms with E-state index >= 15 is 0 Å². The number of aromatic amines is 1. The number of benzene rings is 2. The third kappa shape index (κ3) is 3.38. The lowest BCUT2D eigenvalue weighted by Crippen LogP contribution is -2.16. The van der Waals surface area contributed by atoms with Crippen LogP contribution < -0.4 is 5.56 Å². The number of fused-ring (bicyclic) bond motifs is 2. The molecule has 0 bridgehead atoms. The number of nitrogens with zero attached hydrogens (tertiary/aromatic N) is 1. The summed E-state index contributed by atoms with van der Waals surface area (Å²) < 4.78 is 0. The minimum Gasteiger partial charge on any atom is -0.506 e. The number of nitrogens with one attached hydrogen (secondary N) is 1. The van der Waals surface area contributed by atoms with Gasteiger partial charge in [0.15, 0.2) is 0 Å². The van der Waals surface area contributed by atoms with Crippen molar-refractivity contribution >= 4 is 21.8 Å². The lowest BCUT2D eigenvalue weighted by Gasteiger charge is -2.14. The molecule has 0 aliphatic heterocycles. The predicted molar refractivity (Wildman–Crippen MR) is 114 cm³/mol. The van der Waals surface area contributed by atoms with Crippen molar-refractivity contribution in [3.63, 3.8) is 0 Å². The highest BCUT2D eigenvalue weighted by molar-refractivity contribution is 5.81. The van der Waals surface area contributed by atoms with Gasteiger partial charge in [0, 0.05) is 16.5 Å². The number of pyridine rings is 2. The standard InChI is InChI=1S/C24H24N2O2/c1-14(2)23-22(27)13-18-9-8-16(11-21(18)25-23)10-15(3)19-12-17-6-4-5-7-20(17)26-24(19)28/h4-9,11-15,27H,10H2,1-3H3,(H,26,28). The van der Waals surface area contributed by atoms with E-state index in [0.29, 0.717) is 5.69 Å². The van der Waals surface area contributed by atoms with Gasteiger partial charge >= 0.3 is 0 Å². The van der Waals surface area contributed by atoms with Crippen LogP contribution in [0.2, 0.25) is 0 Å². The topological polar surface area (TPSA) is 66.0 Å². The normalized spacial score (nSPS) is 12.7. The van der Waals surface area contributed by atoms with Crippen molar-refractivity contribution in [2.24, 2.45) is 0 Å². The largest absolute Gasteiger partial charge is 0.506 e. The molecule has 2 aromatic carbocycles. The summed E-state index contributed by atoms with van der Waals surface area (Å²) in [5.74, 6) is 0.474. The number of H-pyrrole nitrogens is 1. The molecule has 4 rings (SSSR count). The van der Waals surface area contributed by atoms with E-state index in [1.807, 2.05) is 56.3 Å². The first-order chi connectivity index (χ1) is 13.4. The van der Waals surface area contributed by atoms with Gasteiger partial charge in [-0.1, -0.05) is 51.1 Å². The van der Waals surface area contributed by atoms with Crippen LogP contribution in [-0.4, -0.2) is 15.1 Å². The van der Waals surface area contributed by atoms with Crippen LogP contribution in [0, 0.1) is 0 Å². The van der Waals surface area contributed by atoms with Gasteiger partial charge in [0.1, 0.15) is 5.75 Å². The summed E-state index contributed by atoms with van der Waals surface area (Å²) in [4.78, 5) is 20.2. The Balaban J connectivity index is 1.68. The molecule has 0 aliphatic carbocycles. The van der Waals surface area contributed by atoms with Crippen molar-refractivity contribution in [2.45, 2.75) is 39.0 Å². The lowest BCUT2D eigenvalue weighted by atomic mass is 9.93. The summed E-state index contributed by atoms with van der Waals surface area (Å²) in [5.41, 5.74) is 4.33. The van der Waals surface area contributed by atoms with Crippen molar-refractivity contribution in [3.8, 4) is 5.75 Å². The Bertz CT molecular complexity index is 1220. The van der Waals surface area contributed by atoms with Crippen molar-refractivity contribution < 1.29 is 5.11 Å². The molecule has 1 atom stereocenters. The van der Waals surface area contributed by atoms with Gasteiger partial charge in [0.25, 0.3) is 5.56 Å². The minimum absolute atomic E-state index is 0.0304. The summed E-state index contributed by atoms with van der Waals surface area (Å²) in [7, 11) is 0. The molecule has 1 unspecified atom stereocenters. The number of hydrogen-bond acceptors (Lipinski definition) is 3. The van der Waals surface area contributed by atoms with Crippen molar-refractivity contribution in [3.05, 3.63) is 81.8 Å². The molecule has 4 nitrogen and oxygen atoms in total. The summed E-state index contributed by atoms with van der Waals surface area (Å²) in [6.45, 7) is 6.12. The molecule has 0 saturated carbocycles. The first-order valence-electron chi connectivity index (χ1n) is 9.67. The fourth-order valence-electron chi connectivity index (χ4n) is 3.76. The van der Waals surface area contributed by atoms with Crippen molar-refractivity contribution in [1.82, 2.24) is 9.97 Å². The van der Waals surface area contributed by atoms with E-state index in [1.165, 1.54) is 0 Å². The van der Waals surface area contributed by atoms with Gasteiger partial charge in [-0.05, 0) is 53.5 Å². The molecule has 142 valence electrons. The lowest BCUT2D eigenvalue weighted by molar-refractivity contribution is 0.461. The fraction of sp³-hybridized carbons (Fsp3) is 0.250. The van der Waals surface area contributed by atoms with Crippen LogP contribution in [0.15, 0.2) is 59.4 Å². The van der Waals surface area contributed by atoms with Gasteiger partial charge in [-0.3, -0.25) is 4.79 Å². The maximum absolute atomic E-state index is 12.5. The zero-order valence-electron chi connectivity index (χ0n) is 16.4. The van der Waals surface area contributed by atoms with E-state index in [9.17, 15) is 9.90 Å². The molecule has 0 amide bonds. The Kier molecular flexibility index (Phi) is 4.63. The molecule has 0 spiro atoms. The molecular formula is C24H24N2O2. The molecule has 2 N–H and O–H groups in total. The maximum atomic E-state index is 12.5. The average Bonchev–Trinajstić information content (AvgIpc) is 2.66. The Morgan fingerprint density at radius 1 is 1.00 bits per heavy atom. The summed E-state index contributed by atoms with van der Waals surface area (Å²) in [5, 5.41) is 12.1. The SMILES string of the molecule is CC(C)c1nc2cc(CC(C)c3cc4ccccc4[nH]c3=O)ccc2cc1O. The summed E-state index contributed by atoms with van der Waals surface area (Å²) in [6.07, 6.45) is 0.747. The first-order valence-corrected chi connectivity index (χ1v) is 9.67. The molecule has 28 heavy (non-hydrogen) atoms. The maximum Gasteiger partial charge on any atom is 0.251 e. The first kappa shape index (κ1) is 18.2. The molecule has 4 heteroatoms. The van der Waals surface area contributed by atoms with Crippen LogP contribution in [0.1, 0.15) is 49.4 Å². The van der Waals surface area contributed by atoms with E-state index in [-0.39, 0.29) is 23.1 Å². The highest BCUT2D eigenvalue weighted by atomic mass is 16.3. The molecule has 0 saturated heterocycles. The zero-order chi connectivity index (χ0) is 19.8. The molecule has 4 aromatic rings. The molecule has 2 aromatic heterocycles. The van der Waals surface area contributed by atoms with Gasteiger partial charge in [0.2, 0.25) is 0 Å². The van der Waals surface area contributed by atoms with E-state index < -0.39 is 0 Å². The molecule has 2 heterocycles. The minimum atomic E-state index is -0.0304. The highest BCUT2D eigenvalue weighted by Gasteiger charge is 2.14. The smallest absolute Gasteiger partial charge is 0.251 e. The third-order valence-electron chi connectivity index (χ3n) is 5.29. The number of rotatable bonds is 4. The Morgan fingerprint density at radius 2 is 1.79 bits per heavy atom. The zero-order valence-corrected chi connectivity index (χ0v) is 16.4. The predicted octanol–water partition coefficient (Wildman–Crippen LogP) is 5.25. The van der Waals surface area contributed by atoms with Gasteiger partial charge in [-0.25, -0.2) is 4.98 Å². The van der Waals surface area contributed by atoms with Gasteiger partial charge in [-0.2, -0.15) is 0 Å². The second-order valence-electron chi connectivity index (χ2n) is 7.82. The number of para-hydroxylation sites is 1. The number of hydrogen-bond donors (Lipinski definition) is 2. The monoisotopic (exact) mass is 372 g/mol. The van der Waals surface area contributed by atoms with E-state index in [1.54, 1.807) is 6.07 Å². The third-order valence-corrected chi connectivity index (χ3v) is 5.29. The van der Waals surface area contributed by atoms with Crippen molar-refractivity contribution in [1.29, 1.82) is 0 Å². The quantitative estimate of drug-likeness (QED) is 0.514. The highest BCUT2D eigenvalue weighted by Crippen LogP contribution is 2.29. The van der Waals surface area contributed by atoms with Crippen LogP contribution in [0.4, 0.5) is 0 Å². The van der Waals surface area contributed by atoms with E-state index in [2.05, 4.69) is 23.0 Å². The Hall–Kier alpha value is -3.14. The number of aromatic nitrogens is 2. The Labute approximate surface area is 163 Å². The van der Waals surface area contributed by atoms with E-state index in [0.717, 1.165) is 39.4 Å². The van der Waals surface area contributed by atoms with Crippen LogP contribution >= 0.6 is 0 Å². The number of aromatic hydroxyl groups is 1. The van der Waals surface area contributed by atoms with Gasteiger partial charge in [0.05, 0.1) is 11.2 Å². The average molecular weight is 372 g/mol. The molecule has 0 fully saturated rings. The summed E-state index contributed by atoms with van der Waals surface area (Å²) in [6, 6.07) is 17.7. The van der Waals surface area contributed by atoms with Crippen LogP contribution in [0.5, 0.6) is 5.75 Å². The Morgan fingerprint density at radius 3 is 2.57 bits per heavy atom. The van der Waals surface area contributed by atoms with Crippen LogP contribution in [0.3, 0.4) is 0 Å². The molecule has 0 radical (unpaired) electrons. The second-order valence-corrected chi connectivity index (χ2v) is 7.82. The van der Waals surface area contributed by atoms with Gasteiger partial charge < -0.3 is 10.1 Å². The second kappa shape index (κ2) is 7.12. The molecular weight excluding hydrogens is 348 g/mol. The van der Waals surface area contributed by atoms with Crippen molar-refractivity contribution in [2.75, 3.05) is 0 Å². The van der Waals surface area contributed by atoms with Crippen LogP contribution in [-0.2, 0) is 6.42 Å². The molecule has 0 aliphatic rings. The fourth-order valence-corrected chi connectivity index (χ4v) is 3.76. The van der Waals surface area contributed by atoms with Gasteiger partial charge in [-0.15, -0.1) is 0 Å².